The minimum atomic E-state index is -0.660. The van der Waals surface area contributed by atoms with Gasteiger partial charge in [-0.2, -0.15) is 0 Å². The average Bonchev–Trinajstić information content (AvgIpc) is 2.79. The summed E-state index contributed by atoms with van der Waals surface area (Å²) in [6.45, 7) is 0. The van der Waals surface area contributed by atoms with Gasteiger partial charge in [-0.05, 0) is 24.3 Å². The Morgan fingerprint density at radius 1 is 0.793 bits per heavy atom. The molecule has 0 radical (unpaired) electrons. The molecule has 0 unspecified atom stereocenters. The summed E-state index contributed by atoms with van der Waals surface area (Å²) in [7, 11) is 4.44. The maximum absolute atomic E-state index is 12.7. The molecule has 0 aliphatic heterocycles. The molecule has 7 nitrogen and oxygen atoms in total. The summed E-state index contributed by atoms with van der Waals surface area (Å²) >= 11 is 0. The van der Waals surface area contributed by atoms with Gasteiger partial charge in [0.1, 0.15) is 5.71 Å². The van der Waals surface area contributed by atoms with Gasteiger partial charge in [0.2, 0.25) is 5.75 Å². The first-order valence-electron chi connectivity index (χ1n) is 8.73. The van der Waals surface area contributed by atoms with Crippen molar-refractivity contribution < 1.29 is 23.8 Å². The van der Waals surface area contributed by atoms with Gasteiger partial charge in [0.25, 0.3) is 0 Å². The molecule has 0 N–H and O–H groups in total. The number of pyridine rings is 1. The number of rotatable bonds is 7. The Kier molecular flexibility index (Phi) is 6.42. The zero-order chi connectivity index (χ0) is 20.6. The number of nitrogens with zero attached hydrogens (tertiary/aromatic N) is 2. The van der Waals surface area contributed by atoms with E-state index in [0.29, 0.717) is 23.0 Å². The van der Waals surface area contributed by atoms with Crippen LogP contribution in [0.3, 0.4) is 0 Å². The molecule has 7 heteroatoms. The number of methoxy groups -OCH3 is 3. The van der Waals surface area contributed by atoms with Crippen molar-refractivity contribution in [3.8, 4) is 17.2 Å². The first kappa shape index (κ1) is 19.9. The molecule has 3 aromatic rings. The fourth-order valence-electron chi connectivity index (χ4n) is 2.72. The van der Waals surface area contributed by atoms with Gasteiger partial charge in [-0.3, -0.25) is 4.98 Å². The van der Waals surface area contributed by atoms with Crippen molar-refractivity contribution in [3.63, 3.8) is 0 Å². The predicted molar refractivity (Wildman–Crippen MR) is 108 cm³/mol. The standard InChI is InChI=1S/C22H20N2O5/c1-26-18-13-17(14-19(27-2)21(18)28-3)22(25)29-24-20(15-7-5-4-6-8-15)16-9-11-23-12-10-16/h4-14H,1-3H3/b24-20+. The van der Waals surface area contributed by atoms with Crippen LogP contribution in [0.15, 0.2) is 72.1 Å². The fourth-order valence-corrected chi connectivity index (χ4v) is 2.72. The van der Waals surface area contributed by atoms with Crippen molar-refractivity contribution in [2.75, 3.05) is 21.3 Å². The lowest BCUT2D eigenvalue weighted by molar-refractivity contribution is 0.0516. The van der Waals surface area contributed by atoms with Gasteiger partial charge in [-0.15, -0.1) is 0 Å². The van der Waals surface area contributed by atoms with Gasteiger partial charge in [0.05, 0.1) is 26.9 Å². The molecule has 0 aliphatic carbocycles. The summed E-state index contributed by atoms with van der Waals surface area (Å²) in [6, 6.07) is 16.0. The highest BCUT2D eigenvalue weighted by Crippen LogP contribution is 2.38. The fraction of sp³-hybridized carbons (Fsp3) is 0.136. The molecule has 3 rings (SSSR count). The Hall–Kier alpha value is -3.87. The number of carbonyl (C=O) groups is 1. The van der Waals surface area contributed by atoms with Crippen molar-refractivity contribution in [3.05, 3.63) is 83.7 Å². The van der Waals surface area contributed by atoms with Crippen molar-refractivity contribution in [2.24, 2.45) is 5.16 Å². The number of ether oxygens (including phenoxy) is 3. The van der Waals surface area contributed by atoms with Crippen LogP contribution >= 0.6 is 0 Å². The number of carbonyl (C=O) groups excluding carboxylic acids is 1. The number of hydrogen-bond donors (Lipinski definition) is 0. The number of benzene rings is 2. The lowest BCUT2D eigenvalue weighted by atomic mass is 10.0. The molecule has 0 spiro atoms. The average molecular weight is 392 g/mol. The highest BCUT2D eigenvalue weighted by atomic mass is 16.7. The third-order valence-corrected chi connectivity index (χ3v) is 4.12. The van der Waals surface area contributed by atoms with Crippen molar-refractivity contribution in [1.29, 1.82) is 0 Å². The Balaban J connectivity index is 1.95. The topological polar surface area (TPSA) is 79.2 Å². The van der Waals surface area contributed by atoms with Crippen LogP contribution in [0.25, 0.3) is 0 Å². The largest absolute Gasteiger partial charge is 0.493 e. The second-order valence-corrected chi connectivity index (χ2v) is 5.83. The third kappa shape index (κ3) is 4.52. The predicted octanol–water partition coefficient (Wildman–Crippen LogP) is 3.72. The maximum atomic E-state index is 12.7. The molecule has 29 heavy (non-hydrogen) atoms. The van der Waals surface area contributed by atoms with Gasteiger partial charge >= 0.3 is 5.97 Å². The summed E-state index contributed by atoms with van der Waals surface area (Å²) in [6.07, 6.45) is 3.30. The zero-order valence-electron chi connectivity index (χ0n) is 16.3. The van der Waals surface area contributed by atoms with E-state index < -0.39 is 5.97 Å². The molecule has 148 valence electrons. The molecule has 0 saturated carbocycles. The summed E-state index contributed by atoms with van der Waals surface area (Å²) in [5.74, 6) is 0.420. The van der Waals surface area contributed by atoms with E-state index in [9.17, 15) is 4.79 Å². The molecular formula is C22H20N2O5. The number of aromatic nitrogens is 1. The van der Waals surface area contributed by atoms with Gasteiger partial charge in [0, 0.05) is 23.5 Å². The van der Waals surface area contributed by atoms with E-state index in [0.717, 1.165) is 11.1 Å². The molecule has 0 aliphatic rings. The molecule has 2 aromatic carbocycles. The van der Waals surface area contributed by atoms with Gasteiger partial charge in [-0.1, -0.05) is 35.5 Å². The lowest BCUT2D eigenvalue weighted by Crippen LogP contribution is -2.08. The molecule has 0 atom stereocenters. The van der Waals surface area contributed by atoms with E-state index in [1.807, 2.05) is 30.3 Å². The molecule has 1 aromatic heterocycles. The van der Waals surface area contributed by atoms with Crippen molar-refractivity contribution >= 4 is 11.7 Å². The van der Waals surface area contributed by atoms with Crippen LogP contribution in [0.2, 0.25) is 0 Å². The number of hydrogen-bond acceptors (Lipinski definition) is 7. The second-order valence-electron chi connectivity index (χ2n) is 5.83. The SMILES string of the molecule is COc1cc(C(=O)O/N=C(\c2ccccc2)c2ccncc2)cc(OC)c1OC. The van der Waals surface area contributed by atoms with E-state index in [1.165, 1.54) is 33.5 Å². The Morgan fingerprint density at radius 3 is 1.93 bits per heavy atom. The smallest absolute Gasteiger partial charge is 0.366 e. The minimum Gasteiger partial charge on any atom is -0.493 e. The number of oxime groups is 1. The molecule has 0 saturated heterocycles. The summed E-state index contributed by atoms with van der Waals surface area (Å²) < 4.78 is 15.8. The molecular weight excluding hydrogens is 372 g/mol. The van der Waals surface area contributed by atoms with E-state index >= 15 is 0 Å². The van der Waals surface area contributed by atoms with Crippen LogP contribution in [-0.2, 0) is 4.84 Å². The van der Waals surface area contributed by atoms with E-state index in [4.69, 9.17) is 19.0 Å². The quantitative estimate of drug-likeness (QED) is 0.346. The first-order valence-corrected chi connectivity index (χ1v) is 8.73. The first-order chi connectivity index (χ1) is 14.2. The highest BCUT2D eigenvalue weighted by molar-refractivity contribution is 6.12. The molecule has 0 fully saturated rings. The summed E-state index contributed by atoms with van der Waals surface area (Å²) in [5.41, 5.74) is 2.29. The zero-order valence-corrected chi connectivity index (χ0v) is 16.3. The van der Waals surface area contributed by atoms with Gasteiger partial charge in [-0.25, -0.2) is 4.79 Å². The Bertz CT molecular complexity index is 938. The highest BCUT2D eigenvalue weighted by Gasteiger charge is 2.18. The monoisotopic (exact) mass is 392 g/mol. The summed E-state index contributed by atoms with van der Waals surface area (Å²) in [5, 5.41) is 4.12. The van der Waals surface area contributed by atoms with Crippen molar-refractivity contribution in [2.45, 2.75) is 0 Å². The maximum Gasteiger partial charge on any atom is 0.366 e. The normalized spacial score (nSPS) is 10.9. The molecule has 0 amide bonds. The van der Waals surface area contributed by atoms with Crippen LogP contribution in [0.1, 0.15) is 21.5 Å². The van der Waals surface area contributed by atoms with Crippen LogP contribution in [0.5, 0.6) is 17.2 Å². The lowest BCUT2D eigenvalue weighted by Gasteiger charge is -2.13. The Morgan fingerprint density at radius 2 is 1.38 bits per heavy atom. The molecule has 1 heterocycles. The molecule has 0 bridgehead atoms. The van der Waals surface area contributed by atoms with Gasteiger partial charge < -0.3 is 19.0 Å². The van der Waals surface area contributed by atoms with Crippen molar-refractivity contribution in [1.82, 2.24) is 4.98 Å². The summed E-state index contributed by atoms with van der Waals surface area (Å²) in [4.78, 5) is 21.9. The van der Waals surface area contributed by atoms with E-state index in [-0.39, 0.29) is 5.56 Å². The minimum absolute atomic E-state index is 0.213. The van der Waals surface area contributed by atoms with Crippen LogP contribution in [0, 0.1) is 0 Å². The van der Waals surface area contributed by atoms with E-state index in [2.05, 4.69) is 10.1 Å². The van der Waals surface area contributed by atoms with E-state index in [1.54, 1.807) is 24.5 Å². The van der Waals surface area contributed by atoms with Crippen LogP contribution in [0.4, 0.5) is 0 Å². The van der Waals surface area contributed by atoms with Crippen LogP contribution in [-0.4, -0.2) is 38.0 Å². The van der Waals surface area contributed by atoms with Gasteiger partial charge in [0.15, 0.2) is 11.5 Å². The van der Waals surface area contributed by atoms with Crippen LogP contribution < -0.4 is 14.2 Å². The second kappa shape index (κ2) is 9.36. The Labute approximate surface area is 168 Å². The third-order valence-electron chi connectivity index (χ3n) is 4.12.